The maximum Gasteiger partial charge on any atom is 0.274 e. The lowest BCUT2D eigenvalue weighted by Crippen LogP contribution is -2.14. The molecule has 0 aliphatic carbocycles. The number of aromatic nitrogens is 1. The fourth-order valence-electron chi connectivity index (χ4n) is 2.86. The molecule has 0 atom stereocenters. The van der Waals surface area contributed by atoms with E-state index < -0.39 is 0 Å². The Morgan fingerprint density at radius 2 is 1.55 bits per heavy atom. The zero-order valence-electron chi connectivity index (χ0n) is 17.0. The zero-order valence-corrected chi connectivity index (χ0v) is 17.0. The van der Waals surface area contributed by atoms with Crippen molar-refractivity contribution in [2.45, 2.75) is 19.8 Å². The summed E-state index contributed by atoms with van der Waals surface area (Å²) in [7, 11) is 3.11. The highest BCUT2D eigenvalue weighted by atomic mass is 16.5. The Bertz CT molecular complexity index is 985. The number of hydrogen-bond acceptors (Lipinski definition) is 5. The first-order chi connectivity index (χ1) is 14.0. The van der Waals surface area contributed by atoms with Crippen LogP contribution in [0.3, 0.4) is 0 Å². The summed E-state index contributed by atoms with van der Waals surface area (Å²) < 4.78 is 10.5. The summed E-state index contributed by atoms with van der Waals surface area (Å²) in [6, 6.07) is 17.0. The summed E-state index contributed by atoms with van der Waals surface area (Å²) in [6.07, 6.45) is 1.61. The highest BCUT2D eigenvalue weighted by Gasteiger charge is 2.11. The number of benzene rings is 2. The fourth-order valence-corrected chi connectivity index (χ4v) is 2.86. The molecule has 0 bridgehead atoms. The molecule has 0 spiro atoms. The fraction of sp³-hybridized carbons (Fsp3) is 0.217. The Morgan fingerprint density at radius 1 is 0.862 bits per heavy atom. The van der Waals surface area contributed by atoms with Crippen LogP contribution < -0.4 is 20.1 Å². The van der Waals surface area contributed by atoms with Crippen LogP contribution in [0.25, 0.3) is 0 Å². The van der Waals surface area contributed by atoms with Crippen LogP contribution in [-0.2, 0) is 0 Å². The van der Waals surface area contributed by atoms with Crippen LogP contribution in [-0.4, -0.2) is 25.1 Å². The highest BCUT2D eigenvalue weighted by molar-refractivity contribution is 6.03. The van der Waals surface area contributed by atoms with Gasteiger partial charge in [-0.15, -0.1) is 0 Å². The predicted molar refractivity (Wildman–Crippen MR) is 116 cm³/mol. The van der Waals surface area contributed by atoms with E-state index in [1.54, 1.807) is 44.7 Å². The van der Waals surface area contributed by atoms with Gasteiger partial charge in [0, 0.05) is 29.3 Å². The van der Waals surface area contributed by atoms with Gasteiger partial charge in [0.05, 0.1) is 14.2 Å². The third-order valence-corrected chi connectivity index (χ3v) is 4.50. The SMILES string of the molecule is COc1ccc(NC(=O)c2cc(Nc3ccc(C(C)C)cc3)ccn2)cc1OC. The van der Waals surface area contributed by atoms with Gasteiger partial charge < -0.3 is 20.1 Å². The van der Waals surface area contributed by atoms with Crippen molar-refractivity contribution in [1.82, 2.24) is 4.98 Å². The Balaban J connectivity index is 1.72. The highest BCUT2D eigenvalue weighted by Crippen LogP contribution is 2.30. The van der Waals surface area contributed by atoms with E-state index in [-0.39, 0.29) is 5.91 Å². The predicted octanol–water partition coefficient (Wildman–Crippen LogP) is 5.22. The van der Waals surface area contributed by atoms with Gasteiger partial charge in [-0.3, -0.25) is 9.78 Å². The second-order valence-electron chi connectivity index (χ2n) is 6.86. The van der Waals surface area contributed by atoms with E-state index in [2.05, 4.69) is 41.6 Å². The molecule has 1 heterocycles. The maximum atomic E-state index is 12.6. The molecule has 2 aromatic carbocycles. The summed E-state index contributed by atoms with van der Waals surface area (Å²) in [6.45, 7) is 4.32. The molecule has 0 aliphatic rings. The minimum atomic E-state index is -0.309. The number of nitrogens with zero attached hydrogens (tertiary/aromatic N) is 1. The average Bonchev–Trinajstić information content (AvgIpc) is 2.74. The van der Waals surface area contributed by atoms with E-state index in [4.69, 9.17) is 9.47 Å². The third kappa shape index (κ3) is 5.04. The molecule has 150 valence electrons. The largest absolute Gasteiger partial charge is 0.493 e. The minimum Gasteiger partial charge on any atom is -0.493 e. The molecule has 6 heteroatoms. The molecule has 2 N–H and O–H groups in total. The van der Waals surface area contributed by atoms with Gasteiger partial charge in [0.25, 0.3) is 5.91 Å². The summed E-state index contributed by atoms with van der Waals surface area (Å²) >= 11 is 0. The molecule has 0 unspecified atom stereocenters. The van der Waals surface area contributed by atoms with Gasteiger partial charge in [-0.2, -0.15) is 0 Å². The first-order valence-corrected chi connectivity index (χ1v) is 9.36. The van der Waals surface area contributed by atoms with Gasteiger partial charge in [0.15, 0.2) is 11.5 Å². The van der Waals surface area contributed by atoms with Crippen LogP contribution in [0, 0.1) is 0 Å². The van der Waals surface area contributed by atoms with Crippen LogP contribution in [0.4, 0.5) is 17.1 Å². The standard InChI is InChI=1S/C23H25N3O3/c1-15(2)16-5-7-17(8-6-16)25-19-11-12-24-20(13-19)23(27)26-18-9-10-21(28-3)22(14-18)29-4/h5-15H,1-4H3,(H,24,25)(H,26,27). The molecular formula is C23H25N3O3. The molecule has 0 aliphatic heterocycles. The van der Waals surface area contributed by atoms with Crippen molar-refractivity contribution in [3.05, 3.63) is 72.1 Å². The molecule has 0 radical (unpaired) electrons. The molecule has 29 heavy (non-hydrogen) atoms. The number of methoxy groups -OCH3 is 2. The van der Waals surface area contributed by atoms with Gasteiger partial charge in [-0.1, -0.05) is 26.0 Å². The normalized spacial score (nSPS) is 10.5. The number of carbonyl (C=O) groups excluding carboxylic acids is 1. The topological polar surface area (TPSA) is 72.5 Å². The number of carbonyl (C=O) groups is 1. The number of ether oxygens (including phenoxy) is 2. The van der Waals surface area contributed by atoms with Crippen LogP contribution in [0.2, 0.25) is 0 Å². The molecular weight excluding hydrogens is 366 g/mol. The number of amides is 1. The van der Waals surface area contributed by atoms with Gasteiger partial charge in [0.2, 0.25) is 0 Å². The first-order valence-electron chi connectivity index (χ1n) is 9.36. The van der Waals surface area contributed by atoms with Gasteiger partial charge >= 0.3 is 0 Å². The minimum absolute atomic E-state index is 0.309. The zero-order chi connectivity index (χ0) is 20.8. The lowest BCUT2D eigenvalue weighted by atomic mass is 10.0. The number of hydrogen-bond donors (Lipinski definition) is 2. The van der Waals surface area contributed by atoms with E-state index in [1.165, 1.54) is 5.56 Å². The van der Waals surface area contributed by atoms with Gasteiger partial charge in [-0.05, 0) is 47.9 Å². The second kappa shape index (κ2) is 9.10. The third-order valence-electron chi connectivity index (χ3n) is 4.50. The first kappa shape index (κ1) is 20.2. The van der Waals surface area contributed by atoms with Crippen LogP contribution >= 0.6 is 0 Å². The van der Waals surface area contributed by atoms with Crippen molar-refractivity contribution in [2.75, 3.05) is 24.9 Å². The lowest BCUT2D eigenvalue weighted by molar-refractivity contribution is 0.102. The van der Waals surface area contributed by atoms with E-state index in [1.807, 2.05) is 18.2 Å². The van der Waals surface area contributed by atoms with E-state index in [0.717, 1.165) is 11.4 Å². The van der Waals surface area contributed by atoms with Crippen molar-refractivity contribution >= 4 is 23.0 Å². The number of anilines is 3. The number of nitrogens with one attached hydrogen (secondary N) is 2. The number of pyridine rings is 1. The van der Waals surface area contributed by atoms with Crippen molar-refractivity contribution in [3.63, 3.8) is 0 Å². The monoisotopic (exact) mass is 391 g/mol. The molecule has 3 rings (SSSR count). The van der Waals surface area contributed by atoms with Crippen molar-refractivity contribution in [1.29, 1.82) is 0 Å². The summed E-state index contributed by atoms with van der Waals surface area (Å²) in [5, 5.41) is 6.14. The molecule has 0 fully saturated rings. The number of rotatable bonds is 7. The van der Waals surface area contributed by atoms with E-state index >= 15 is 0 Å². The molecule has 1 aromatic heterocycles. The maximum absolute atomic E-state index is 12.6. The molecule has 6 nitrogen and oxygen atoms in total. The van der Waals surface area contributed by atoms with Crippen LogP contribution in [0.15, 0.2) is 60.8 Å². The van der Waals surface area contributed by atoms with E-state index in [0.29, 0.717) is 28.8 Å². The van der Waals surface area contributed by atoms with E-state index in [9.17, 15) is 4.79 Å². The van der Waals surface area contributed by atoms with Gasteiger partial charge in [0.1, 0.15) is 5.69 Å². The summed E-state index contributed by atoms with van der Waals surface area (Å²) in [5.41, 5.74) is 3.92. The van der Waals surface area contributed by atoms with Gasteiger partial charge in [-0.25, -0.2) is 0 Å². The lowest BCUT2D eigenvalue weighted by Gasteiger charge is -2.12. The summed E-state index contributed by atoms with van der Waals surface area (Å²) in [4.78, 5) is 16.8. The second-order valence-corrected chi connectivity index (χ2v) is 6.86. The molecule has 3 aromatic rings. The quantitative estimate of drug-likeness (QED) is 0.578. The van der Waals surface area contributed by atoms with Crippen LogP contribution in [0.1, 0.15) is 35.8 Å². The smallest absolute Gasteiger partial charge is 0.274 e. The average molecular weight is 391 g/mol. The molecule has 0 saturated heterocycles. The molecule has 0 saturated carbocycles. The summed E-state index contributed by atoms with van der Waals surface area (Å²) in [5.74, 6) is 1.31. The Hall–Kier alpha value is -3.54. The Kier molecular flexibility index (Phi) is 6.34. The van der Waals surface area contributed by atoms with Crippen molar-refractivity contribution in [3.8, 4) is 11.5 Å². The molecule has 1 amide bonds. The van der Waals surface area contributed by atoms with Crippen molar-refractivity contribution < 1.29 is 14.3 Å². The Morgan fingerprint density at radius 3 is 2.21 bits per heavy atom. The van der Waals surface area contributed by atoms with Crippen LogP contribution in [0.5, 0.6) is 11.5 Å². The van der Waals surface area contributed by atoms with Crippen molar-refractivity contribution in [2.24, 2.45) is 0 Å². The Labute approximate surface area is 170 Å².